The molecular formula is C19H20FN3O. The minimum atomic E-state index is -0.262. The Hall–Kier alpha value is -2.66. The van der Waals surface area contributed by atoms with E-state index in [2.05, 4.69) is 10.2 Å². The van der Waals surface area contributed by atoms with Crippen molar-refractivity contribution in [1.82, 2.24) is 10.2 Å². The molecule has 2 aromatic carbocycles. The van der Waals surface area contributed by atoms with E-state index >= 15 is 0 Å². The highest BCUT2D eigenvalue weighted by molar-refractivity contribution is 5.59. The van der Waals surface area contributed by atoms with Crippen LogP contribution in [-0.4, -0.2) is 23.3 Å². The molecule has 0 fully saturated rings. The van der Waals surface area contributed by atoms with E-state index in [1.54, 1.807) is 12.1 Å². The van der Waals surface area contributed by atoms with Gasteiger partial charge >= 0.3 is 0 Å². The fourth-order valence-electron chi connectivity index (χ4n) is 2.71. The molecule has 3 rings (SSSR count). The summed E-state index contributed by atoms with van der Waals surface area (Å²) in [5.41, 5.74) is 9.61. The van der Waals surface area contributed by atoms with Crippen LogP contribution in [0, 0.1) is 5.82 Å². The van der Waals surface area contributed by atoms with Crippen LogP contribution in [-0.2, 0) is 0 Å². The zero-order valence-electron chi connectivity index (χ0n) is 13.5. The molecule has 0 radical (unpaired) electrons. The van der Waals surface area contributed by atoms with Gasteiger partial charge in [0.15, 0.2) is 0 Å². The second-order valence-electron chi connectivity index (χ2n) is 5.51. The van der Waals surface area contributed by atoms with Gasteiger partial charge in [-0.25, -0.2) is 4.39 Å². The number of hydrogen-bond acceptors (Lipinski definition) is 3. The van der Waals surface area contributed by atoms with E-state index in [4.69, 9.17) is 10.5 Å². The maximum atomic E-state index is 13.1. The molecule has 1 aromatic heterocycles. The van der Waals surface area contributed by atoms with Crippen molar-refractivity contribution in [3.05, 3.63) is 71.7 Å². The molecule has 3 aromatic rings. The number of rotatable bonds is 6. The third kappa shape index (κ3) is 3.46. The topological polar surface area (TPSA) is 63.9 Å². The summed E-state index contributed by atoms with van der Waals surface area (Å²) in [5.74, 6) is 0.556. The molecule has 0 saturated carbocycles. The van der Waals surface area contributed by atoms with Crippen molar-refractivity contribution in [2.75, 3.05) is 13.2 Å². The molecule has 4 nitrogen and oxygen atoms in total. The van der Waals surface area contributed by atoms with Crippen LogP contribution < -0.4 is 10.5 Å². The largest absolute Gasteiger partial charge is 0.494 e. The number of benzene rings is 2. The lowest BCUT2D eigenvalue weighted by Gasteiger charge is -2.14. The lowest BCUT2D eigenvalue weighted by molar-refractivity contribution is 0.340. The van der Waals surface area contributed by atoms with E-state index < -0.39 is 0 Å². The normalized spacial score (nSPS) is 12.1. The minimum Gasteiger partial charge on any atom is -0.494 e. The number of aromatic amines is 1. The maximum absolute atomic E-state index is 13.1. The maximum Gasteiger partial charge on any atom is 0.123 e. The molecule has 1 atom stereocenters. The average molecular weight is 325 g/mol. The molecular weight excluding hydrogens is 305 g/mol. The van der Waals surface area contributed by atoms with Crippen LogP contribution in [0.2, 0.25) is 0 Å². The van der Waals surface area contributed by atoms with E-state index in [0.717, 1.165) is 28.3 Å². The van der Waals surface area contributed by atoms with Crippen LogP contribution in [0.1, 0.15) is 24.1 Å². The SMILES string of the molecule is CCOc1cccc(C(CN)c2cc(-c3ccc(F)cc3)n[nH]2)c1. The van der Waals surface area contributed by atoms with Crippen LogP contribution in [0.25, 0.3) is 11.3 Å². The smallest absolute Gasteiger partial charge is 0.123 e. The van der Waals surface area contributed by atoms with Crippen LogP contribution >= 0.6 is 0 Å². The number of aromatic nitrogens is 2. The van der Waals surface area contributed by atoms with E-state index in [1.165, 1.54) is 12.1 Å². The predicted octanol–water partition coefficient (Wildman–Crippen LogP) is 3.71. The Kier molecular flexibility index (Phi) is 4.91. The molecule has 0 bridgehead atoms. The van der Waals surface area contributed by atoms with Gasteiger partial charge in [-0.1, -0.05) is 12.1 Å². The van der Waals surface area contributed by atoms with Crippen LogP contribution in [0.5, 0.6) is 5.75 Å². The van der Waals surface area contributed by atoms with Gasteiger partial charge in [0.25, 0.3) is 0 Å². The lowest BCUT2D eigenvalue weighted by Crippen LogP contribution is -2.14. The van der Waals surface area contributed by atoms with Crippen molar-refractivity contribution in [3.63, 3.8) is 0 Å². The molecule has 0 aliphatic carbocycles. The fraction of sp³-hybridized carbons (Fsp3) is 0.211. The van der Waals surface area contributed by atoms with Gasteiger partial charge in [0, 0.05) is 23.7 Å². The summed E-state index contributed by atoms with van der Waals surface area (Å²) in [7, 11) is 0. The number of hydrogen-bond donors (Lipinski definition) is 2. The standard InChI is InChI=1S/C19H20FN3O/c1-2-24-16-5-3-4-14(10-16)17(12-21)19-11-18(22-23-19)13-6-8-15(20)9-7-13/h3-11,17H,2,12,21H2,1H3,(H,22,23). The molecule has 0 aliphatic rings. The molecule has 0 amide bonds. The van der Waals surface area contributed by atoms with Crippen LogP contribution in [0.4, 0.5) is 4.39 Å². The van der Waals surface area contributed by atoms with Gasteiger partial charge in [-0.05, 0) is 55.0 Å². The Balaban J connectivity index is 1.89. The van der Waals surface area contributed by atoms with E-state index in [0.29, 0.717) is 13.2 Å². The Morgan fingerprint density at radius 1 is 1.17 bits per heavy atom. The van der Waals surface area contributed by atoms with E-state index in [1.807, 2.05) is 37.3 Å². The first-order valence-electron chi connectivity index (χ1n) is 7.95. The monoisotopic (exact) mass is 325 g/mol. The van der Waals surface area contributed by atoms with Crippen molar-refractivity contribution < 1.29 is 9.13 Å². The molecule has 0 aliphatic heterocycles. The zero-order valence-corrected chi connectivity index (χ0v) is 13.5. The Bertz CT molecular complexity index is 798. The van der Waals surface area contributed by atoms with Gasteiger partial charge in [-0.15, -0.1) is 0 Å². The first-order valence-corrected chi connectivity index (χ1v) is 7.95. The van der Waals surface area contributed by atoms with Gasteiger partial charge in [0.2, 0.25) is 0 Å². The highest BCUT2D eigenvalue weighted by Gasteiger charge is 2.16. The van der Waals surface area contributed by atoms with E-state index in [9.17, 15) is 4.39 Å². The van der Waals surface area contributed by atoms with Gasteiger partial charge < -0.3 is 10.5 Å². The summed E-state index contributed by atoms with van der Waals surface area (Å²) < 4.78 is 18.6. The summed E-state index contributed by atoms with van der Waals surface area (Å²) >= 11 is 0. The van der Waals surface area contributed by atoms with Gasteiger partial charge in [0.1, 0.15) is 11.6 Å². The summed E-state index contributed by atoms with van der Waals surface area (Å²) in [5, 5.41) is 7.39. The number of halogens is 1. The molecule has 1 unspecified atom stereocenters. The first kappa shape index (κ1) is 16.2. The Morgan fingerprint density at radius 3 is 2.67 bits per heavy atom. The van der Waals surface area contributed by atoms with Crippen molar-refractivity contribution >= 4 is 0 Å². The second kappa shape index (κ2) is 7.27. The minimum absolute atomic E-state index is 0.00731. The number of H-pyrrole nitrogens is 1. The number of nitrogens with two attached hydrogens (primary N) is 1. The zero-order chi connectivity index (χ0) is 16.9. The van der Waals surface area contributed by atoms with Crippen molar-refractivity contribution in [1.29, 1.82) is 0 Å². The summed E-state index contributed by atoms with van der Waals surface area (Å²) in [6, 6.07) is 16.1. The first-order chi connectivity index (χ1) is 11.7. The third-order valence-corrected chi connectivity index (χ3v) is 3.92. The highest BCUT2D eigenvalue weighted by atomic mass is 19.1. The molecule has 5 heteroatoms. The molecule has 124 valence electrons. The Morgan fingerprint density at radius 2 is 1.96 bits per heavy atom. The summed E-state index contributed by atoms with van der Waals surface area (Å²) in [6.07, 6.45) is 0. The predicted molar refractivity (Wildman–Crippen MR) is 92.5 cm³/mol. The molecule has 0 spiro atoms. The molecule has 3 N–H and O–H groups in total. The van der Waals surface area contributed by atoms with Crippen LogP contribution in [0.3, 0.4) is 0 Å². The lowest BCUT2D eigenvalue weighted by atomic mass is 9.95. The van der Waals surface area contributed by atoms with Crippen molar-refractivity contribution in [3.8, 4) is 17.0 Å². The number of ether oxygens (including phenoxy) is 1. The molecule has 0 saturated heterocycles. The van der Waals surface area contributed by atoms with Crippen molar-refractivity contribution in [2.45, 2.75) is 12.8 Å². The number of nitrogens with one attached hydrogen (secondary N) is 1. The number of nitrogens with zero attached hydrogens (tertiary/aromatic N) is 1. The quantitative estimate of drug-likeness (QED) is 0.726. The van der Waals surface area contributed by atoms with Crippen LogP contribution in [0.15, 0.2) is 54.6 Å². The Labute approximate surface area is 140 Å². The molecule has 1 heterocycles. The third-order valence-electron chi connectivity index (χ3n) is 3.92. The van der Waals surface area contributed by atoms with Gasteiger partial charge in [-0.3, -0.25) is 5.10 Å². The van der Waals surface area contributed by atoms with Crippen molar-refractivity contribution in [2.24, 2.45) is 5.73 Å². The fourth-order valence-corrected chi connectivity index (χ4v) is 2.71. The van der Waals surface area contributed by atoms with Gasteiger partial charge in [0.05, 0.1) is 12.3 Å². The van der Waals surface area contributed by atoms with Gasteiger partial charge in [-0.2, -0.15) is 5.10 Å². The highest BCUT2D eigenvalue weighted by Crippen LogP contribution is 2.28. The summed E-state index contributed by atoms with van der Waals surface area (Å²) in [4.78, 5) is 0. The van der Waals surface area contributed by atoms with E-state index in [-0.39, 0.29) is 11.7 Å². The average Bonchev–Trinajstić information content (AvgIpc) is 3.07. The molecule has 24 heavy (non-hydrogen) atoms. The second-order valence-corrected chi connectivity index (χ2v) is 5.51. The summed E-state index contributed by atoms with van der Waals surface area (Å²) in [6.45, 7) is 3.02.